The molecule has 16 heavy (non-hydrogen) atoms. The number of hydrogen-bond acceptors (Lipinski definition) is 2. The molecule has 1 rings (SSSR count). The highest BCUT2D eigenvalue weighted by Crippen LogP contribution is 2.19. The van der Waals surface area contributed by atoms with Crippen LogP contribution in [0.1, 0.15) is 71.6 Å². The summed E-state index contributed by atoms with van der Waals surface area (Å²) in [7, 11) is 0. The Morgan fingerprint density at radius 2 is 1.94 bits per heavy atom. The summed E-state index contributed by atoms with van der Waals surface area (Å²) in [6.45, 7) is 4.50. The van der Waals surface area contributed by atoms with Crippen LogP contribution in [0.15, 0.2) is 0 Å². The largest absolute Gasteiger partial charge is 0.392 e. The molecule has 3 unspecified atom stereocenters. The van der Waals surface area contributed by atoms with Gasteiger partial charge in [0, 0.05) is 12.1 Å². The SMILES string of the molecule is CCCCCC(C)NC1CCCCCC1O. The molecule has 0 bridgehead atoms. The van der Waals surface area contributed by atoms with Gasteiger partial charge in [-0.25, -0.2) is 0 Å². The molecular weight excluding hydrogens is 198 g/mol. The Labute approximate surface area is 101 Å². The highest BCUT2D eigenvalue weighted by Gasteiger charge is 2.22. The van der Waals surface area contributed by atoms with Crippen molar-refractivity contribution >= 4 is 0 Å². The summed E-state index contributed by atoms with van der Waals surface area (Å²) in [4.78, 5) is 0. The lowest BCUT2D eigenvalue weighted by Gasteiger charge is -2.26. The molecule has 0 amide bonds. The molecule has 1 aliphatic carbocycles. The Bertz CT molecular complexity index is 172. The van der Waals surface area contributed by atoms with Crippen LogP contribution in [-0.2, 0) is 0 Å². The average molecular weight is 227 g/mol. The molecule has 96 valence electrons. The minimum atomic E-state index is -0.115. The fraction of sp³-hybridized carbons (Fsp3) is 1.00. The second kappa shape index (κ2) is 8.08. The van der Waals surface area contributed by atoms with Gasteiger partial charge in [-0.3, -0.25) is 0 Å². The van der Waals surface area contributed by atoms with E-state index in [1.54, 1.807) is 0 Å². The van der Waals surface area contributed by atoms with Gasteiger partial charge in [0.25, 0.3) is 0 Å². The molecular formula is C14H29NO. The lowest BCUT2D eigenvalue weighted by molar-refractivity contribution is 0.114. The highest BCUT2D eigenvalue weighted by molar-refractivity contribution is 4.81. The van der Waals surface area contributed by atoms with Gasteiger partial charge in [-0.1, -0.05) is 45.4 Å². The van der Waals surface area contributed by atoms with Gasteiger partial charge in [0.2, 0.25) is 0 Å². The van der Waals surface area contributed by atoms with Gasteiger partial charge in [-0.15, -0.1) is 0 Å². The Balaban J connectivity index is 2.22. The number of aliphatic hydroxyl groups is 1. The van der Waals surface area contributed by atoms with E-state index in [2.05, 4.69) is 19.2 Å². The van der Waals surface area contributed by atoms with E-state index < -0.39 is 0 Å². The van der Waals surface area contributed by atoms with Crippen molar-refractivity contribution in [1.82, 2.24) is 5.32 Å². The monoisotopic (exact) mass is 227 g/mol. The Kier molecular flexibility index (Phi) is 7.06. The van der Waals surface area contributed by atoms with E-state index >= 15 is 0 Å². The third kappa shape index (κ3) is 5.31. The number of unbranched alkanes of at least 4 members (excludes halogenated alkanes) is 2. The zero-order chi connectivity index (χ0) is 11.8. The summed E-state index contributed by atoms with van der Waals surface area (Å²) in [5, 5.41) is 13.6. The van der Waals surface area contributed by atoms with Gasteiger partial charge in [0.15, 0.2) is 0 Å². The molecule has 0 aromatic heterocycles. The molecule has 2 N–H and O–H groups in total. The van der Waals surface area contributed by atoms with Crippen LogP contribution >= 0.6 is 0 Å². The zero-order valence-corrected chi connectivity index (χ0v) is 11.0. The van der Waals surface area contributed by atoms with E-state index in [0.717, 1.165) is 12.8 Å². The van der Waals surface area contributed by atoms with E-state index in [9.17, 15) is 5.11 Å². The van der Waals surface area contributed by atoms with Crippen molar-refractivity contribution in [3.8, 4) is 0 Å². The second-order valence-electron chi connectivity index (χ2n) is 5.38. The molecule has 0 aromatic carbocycles. The molecule has 0 saturated heterocycles. The first-order valence-corrected chi connectivity index (χ1v) is 7.18. The third-order valence-corrected chi connectivity index (χ3v) is 3.72. The van der Waals surface area contributed by atoms with Crippen molar-refractivity contribution in [2.75, 3.05) is 0 Å². The van der Waals surface area contributed by atoms with Crippen LogP contribution in [0, 0.1) is 0 Å². The normalized spacial score (nSPS) is 28.7. The Hall–Kier alpha value is -0.0800. The number of aliphatic hydroxyl groups excluding tert-OH is 1. The third-order valence-electron chi connectivity index (χ3n) is 3.72. The maximum Gasteiger partial charge on any atom is 0.0693 e. The summed E-state index contributed by atoms with van der Waals surface area (Å²) < 4.78 is 0. The molecule has 0 spiro atoms. The molecule has 3 atom stereocenters. The molecule has 1 saturated carbocycles. The maximum absolute atomic E-state index is 10.0. The molecule has 0 heterocycles. The van der Waals surface area contributed by atoms with Crippen LogP contribution in [0.3, 0.4) is 0 Å². The minimum Gasteiger partial charge on any atom is -0.392 e. The lowest BCUT2D eigenvalue weighted by Crippen LogP contribution is -2.43. The molecule has 2 nitrogen and oxygen atoms in total. The topological polar surface area (TPSA) is 32.3 Å². The lowest BCUT2D eigenvalue weighted by atomic mass is 10.0. The Morgan fingerprint density at radius 1 is 1.19 bits per heavy atom. The van der Waals surface area contributed by atoms with Crippen LogP contribution in [-0.4, -0.2) is 23.3 Å². The van der Waals surface area contributed by atoms with Crippen LogP contribution in [0.5, 0.6) is 0 Å². The summed E-state index contributed by atoms with van der Waals surface area (Å²) in [6, 6.07) is 0.906. The van der Waals surface area contributed by atoms with Gasteiger partial charge >= 0.3 is 0 Å². The second-order valence-corrected chi connectivity index (χ2v) is 5.38. The molecule has 1 aliphatic rings. The first-order valence-electron chi connectivity index (χ1n) is 7.18. The van der Waals surface area contributed by atoms with Gasteiger partial charge in [0.05, 0.1) is 6.10 Å². The van der Waals surface area contributed by atoms with Crippen LogP contribution < -0.4 is 5.32 Å². The first kappa shape index (κ1) is 14.0. The smallest absolute Gasteiger partial charge is 0.0693 e. The summed E-state index contributed by atoms with van der Waals surface area (Å²) in [5.41, 5.74) is 0. The standard InChI is InChI=1S/C14H29NO/c1-3-4-6-9-12(2)15-13-10-7-5-8-11-14(13)16/h12-16H,3-11H2,1-2H3. The van der Waals surface area contributed by atoms with Gasteiger partial charge in [0.1, 0.15) is 0 Å². The van der Waals surface area contributed by atoms with Crippen molar-refractivity contribution < 1.29 is 5.11 Å². The van der Waals surface area contributed by atoms with Crippen molar-refractivity contribution in [2.24, 2.45) is 0 Å². The van der Waals surface area contributed by atoms with Crippen LogP contribution in [0.25, 0.3) is 0 Å². The quantitative estimate of drug-likeness (QED) is 0.539. The molecule has 0 radical (unpaired) electrons. The van der Waals surface area contributed by atoms with Crippen molar-refractivity contribution in [2.45, 2.75) is 89.8 Å². The van der Waals surface area contributed by atoms with E-state index in [-0.39, 0.29) is 6.10 Å². The fourth-order valence-electron chi connectivity index (χ4n) is 2.63. The van der Waals surface area contributed by atoms with E-state index in [0.29, 0.717) is 12.1 Å². The molecule has 1 fully saturated rings. The Morgan fingerprint density at radius 3 is 2.69 bits per heavy atom. The fourth-order valence-corrected chi connectivity index (χ4v) is 2.63. The van der Waals surface area contributed by atoms with E-state index in [1.807, 2.05) is 0 Å². The highest BCUT2D eigenvalue weighted by atomic mass is 16.3. The number of rotatable bonds is 6. The van der Waals surface area contributed by atoms with Crippen LogP contribution in [0.4, 0.5) is 0 Å². The maximum atomic E-state index is 10.0. The van der Waals surface area contributed by atoms with Crippen molar-refractivity contribution in [1.29, 1.82) is 0 Å². The van der Waals surface area contributed by atoms with Gasteiger partial charge in [-0.05, 0) is 26.2 Å². The molecule has 2 heteroatoms. The summed E-state index contributed by atoms with van der Waals surface area (Å²) in [5.74, 6) is 0. The van der Waals surface area contributed by atoms with Crippen LogP contribution in [0.2, 0.25) is 0 Å². The predicted molar refractivity (Wildman–Crippen MR) is 69.6 cm³/mol. The van der Waals surface area contributed by atoms with E-state index in [4.69, 9.17) is 0 Å². The van der Waals surface area contributed by atoms with Crippen molar-refractivity contribution in [3.05, 3.63) is 0 Å². The minimum absolute atomic E-state index is 0.115. The molecule has 0 aromatic rings. The van der Waals surface area contributed by atoms with Crippen molar-refractivity contribution in [3.63, 3.8) is 0 Å². The van der Waals surface area contributed by atoms with E-state index in [1.165, 1.54) is 44.9 Å². The number of hydrogen-bond donors (Lipinski definition) is 2. The first-order chi connectivity index (χ1) is 7.74. The summed E-state index contributed by atoms with van der Waals surface area (Å²) in [6.07, 6.45) is 11.0. The zero-order valence-electron chi connectivity index (χ0n) is 11.0. The predicted octanol–water partition coefficient (Wildman–Crippen LogP) is 3.24. The molecule has 0 aliphatic heterocycles. The summed E-state index contributed by atoms with van der Waals surface area (Å²) >= 11 is 0. The van der Waals surface area contributed by atoms with Gasteiger partial charge in [-0.2, -0.15) is 0 Å². The average Bonchev–Trinajstić information content (AvgIpc) is 2.45. The number of nitrogens with one attached hydrogen (secondary N) is 1. The van der Waals surface area contributed by atoms with Gasteiger partial charge < -0.3 is 10.4 Å².